The van der Waals surface area contributed by atoms with Gasteiger partial charge < -0.3 is 16.2 Å². The summed E-state index contributed by atoms with van der Waals surface area (Å²) in [4.78, 5) is 12.8. The van der Waals surface area contributed by atoms with Crippen molar-refractivity contribution in [3.05, 3.63) is 0 Å². The molecule has 88 valence electrons. The van der Waals surface area contributed by atoms with E-state index in [0.29, 0.717) is 6.54 Å². The zero-order chi connectivity index (χ0) is 11.3. The Morgan fingerprint density at radius 1 is 1.67 bits per heavy atom. The van der Waals surface area contributed by atoms with E-state index < -0.39 is 12.0 Å². The van der Waals surface area contributed by atoms with E-state index in [2.05, 4.69) is 17.1 Å². The molecule has 1 atom stereocenters. The van der Waals surface area contributed by atoms with Crippen LogP contribution >= 0.6 is 0 Å². The van der Waals surface area contributed by atoms with Crippen molar-refractivity contribution >= 4 is 5.97 Å². The molecule has 1 rings (SSSR count). The number of nitrogens with one attached hydrogen (secondary N) is 1. The number of likely N-dealkylation sites (N-methyl/N-ethyl adjacent to an activating group) is 1. The maximum atomic E-state index is 10.4. The molecular weight excluding hydrogens is 194 g/mol. The molecule has 0 aromatic rings. The van der Waals surface area contributed by atoms with Crippen LogP contribution in [0.3, 0.4) is 0 Å². The second-order valence-corrected chi connectivity index (χ2v) is 4.01. The highest BCUT2D eigenvalue weighted by Gasteiger charge is 2.27. The lowest BCUT2D eigenvalue weighted by molar-refractivity contribution is -0.138. The summed E-state index contributed by atoms with van der Waals surface area (Å²) in [6.07, 6.45) is 2.62. The van der Waals surface area contributed by atoms with Crippen molar-refractivity contribution < 1.29 is 9.90 Å². The monoisotopic (exact) mass is 215 g/mol. The van der Waals surface area contributed by atoms with Crippen LogP contribution in [0.2, 0.25) is 0 Å². The molecule has 0 aliphatic heterocycles. The number of hydrogen-bond acceptors (Lipinski definition) is 4. The van der Waals surface area contributed by atoms with Crippen molar-refractivity contribution in [2.24, 2.45) is 5.73 Å². The molecule has 0 heterocycles. The van der Waals surface area contributed by atoms with Crippen molar-refractivity contribution in [1.29, 1.82) is 0 Å². The molecule has 1 aliphatic rings. The van der Waals surface area contributed by atoms with Crippen LogP contribution in [0.1, 0.15) is 19.8 Å². The van der Waals surface area contributed by atoms with Gasteiger partial charge in [0, 0.05) is 25.7 Å². The molecular formula is C10H21N3O2. The molecule has 0 saturated heterocycles. The van der Waals surface area contributed by atoms with E-state index in [9.17, 15) is 4.79 Å². The maximum absolute atomic E-state index is 10.4. The third kappa shape index (κ3) is 4.59. The summed E-state index contributed by atoms with van der Waals surface area (Å²) in [5, 5.41) is 11.6. The molecule has 15 heavy (non-hydrogen) atoms. The van der Waals surface area contributed by atoms with Gasteiger partial charge in [0.25, 0.3) is 0 Å². The van der Waals surface area contributed by atoms with E-state index in [1.54, 1.807) is 0 Å². The average molecular weight is 215 g/mol. The molecule has 0 radical (unpaired) electrons. The van der Waals surface area contributed by atoms with Crippen LogP contribution in [-0.4, -0.2) is 54.2 Å². The zero-order valence-corrected chi connectivity index (χ0v) is 9.28. The molecule has 1 fully saturated rings. The number of aliphatic carboxylic acids is 1. The first-order valence-corrected chi connectivity index (χ1v) is 5.58. The van der Waals surface area contributed by atoms with E-state index in [1.807, 2.05) is 0 Å². The second kappa shape index (κ2) is 6.05. The first-order chi connectivity index (χ1) is 7.15. The van der Waals surface area contributed by atoms with E-state index in [-0.39, 0.29) is 0 Å². The number of carbonyl (C=O) groups is 1. The van der Waals surface area contributed by atoms with Crippen molar-refractivity contribution in [1.82, 2.24) is 10.2 Å². The molecule has 1 saturated carbocycles. The van der Waals surface area contributed by atoms with Crippen LogP contribution in [0.5, 0.6) is 0 Å². The van der Waals surface area contributed by atoms with Gasteiger partial charge in [-0.1, -0.05) is 6.92 Å². The van der Waals surface area contributed by atoms with E-state index in [1.165, 1.54) is 12.8 Å². The Balaban J connectivity index is 2.02. The minimum Gasteiger partial charge on any atom is -0.480 e. The lowest BCUT2D eigenvalue weighted by Gasteiger charge is -2.20. The highest BCUT2D eigenvalue weighted by Crippen LogP contribution is 2.25. The van der Waals surface area contributed by atoms with Gasteiger partial charge in [-0.15, -0.1) is 0 Å². The van der Waals surface area contributed by atoms with Gasteiger partial charge in [0.1, 0.15) is 6.04 Å². The third-order valence-electron chi connectivity index (χ3n) is 2.73. The van der Waals surface area contributed by atoms with Gasteiger partial charge in [0.15, 0.2) is 0 Å². The van der Waals surface area contributed by atoms with Gasteiger partial charge in [0.05, 0.1) is 0 Å². The lowest BCUT2D eigenvalue weighted by Crippen LogP contribution is -2.42. The summed E-state index contributed by atoms with van der Waals surface area (Å²) in [7, 11) is 0. The minimum atomic E-state index is -0.947. The third-order valence-corrected chi connectivity index (χ3v) is 2.73. The molecule has 4 N–H and O–H groups in total. The van der Waals surface area contributed by atoms with Crippen LogP contribution < -0.4 is 11.1 Å². The topological polar surface area (TPSA) is 78.6 Å². The van der Waals surface area contributed by atoms with Crippen molar-refractivity contribution in [2.45, 2.75) is 31.8 Å². The van der Waals surface area contributed by atoms with Gasteiger partial charge in [-0.25, -0.2) is 0 Å². The Morgan fingerprint density at radius 2 is 2.33 bits per heavy atom. The predicted molar refractivity (Wildman–Crippen MR) is 58.7 cm³/mol. The number of rotatable bonds is 8. The summed E-state index contributed by atoms with van der Waals surface area (Å²) >= 11 is 0. The van der Waals surface area contributed by atoms with E-state index >= 15 is 0 Å². The largest absolute Gasteiger partial charge is 0.480 e. The molecule has 0 amide bonds. The Hall–Kier alpha value is -0.650. The zero-order valence-electron chi connectivity index (χ0n) is 9.28. The van der Waals surface area contributed by atoms with E-state index in [0.717, 1.165) is 25.7 Å². The quantitative estimate of drug-likeness (QED) is 0.474. The predicted octanol–water partition coefficient (Wildman–Crippen LogP) is -0.528. The fourth-order valence-electron chi connectivity index (χ4n) is 1.61. The van der Waals surface area contributed by atoms with Gasteiger partial charge in [-0.05, 0) is 19.4 Å². The van der Waals surface area contributed by atoms with Crippen LogP contribution in [0.25, 0.3) is 0 Å². The number of carboxylic acids is 1. The van der Waals surface area contributed by atoms with Crippen molar-refractivity contribution in [3.63, 3.8) is 0 Å². The SMILES string of the molecule is CCN(CCNCC(N)C(=O)O)C1CC1. The number of nitrogens with two attached hydrogens (primary N) is 1. The Bertz CT molecular complexity index is 207. The fourth-order valence-corrected chi connectivity index (χ4v) is 1.61. The number of carboxylic acid groups (broad SMARTS) is 1. The summed E-state index contributed by atoms with van der Waals surface area (Å²) in [5.41, 5.74) is 5.36. The lowest BCUT2D eigenvalue weighted by atomic mass is 10.3. The molecule has 0 bridgehead atoms. The van der Waals surface area contributed by atoms with Gasteiger partial charge in [-0.2, -0.15) is 0 Å². The van der Waals surface area contributed by atoms with Crippen molar-refractivity contribution in [2.75, 3.05) is 26.2 Å². The highest BCUT2D eigenvalue weighted by atomic mass is 16.4. The Kier molecular flexibility index (Phi) is 5.01. The first-order valence-electron chi connectivity index (χ1n) is 5.58. The number of hydrogen-bond donors (Lipinski definition) is 3. The molecule has 0 spiro atoms. The first kappa shape index (κ1) is 12.4. The molecule has 1 aliphatic carbocycles. The molecule has 0 aromatic heterocycles. The normalized spacial score (nSPS) is 18.1. The van der Waals surface area contributed by atoms with E-state index in [4.69, 9.17) is 10.8 Å². The summed E-state index contributed by atoms with van der Waals surface area (Å²) < 4.78 is 0. The van der Waals surface area contributed by atoms with Crippen LogP contribution in [0.15, 0.2) is 0 Å². The van der Waals surface area contributed by atoms with Gasteiger partial charge in [0.2, 0.25) is 0 Å². The van der Waals surface area contributed by atoms with Crippen LogP contribution in [0.4, 0.5) is 0 Å². The van der Waals surface area contributed by atoms with Crippen LogP contribution in [0, 0.1) is 0 Å². The van der Waals surface area contributed by atoms with Crippen molar-refractivity contribution in [3.8, 4) is 0 Å². The molecule has 5 heteroatoms. The Labute approximate surface area is 90.6 Å². The smallest absolute Gasteiger partial charge is 0.321 e. The summed E-state index contributed by atoms with van der Waals surface area (Å²) in [6.45, 7) is 5.36. The average Bonchev–Trinajstić information content (AvgIpc) is 3.01. The maximum Gasteiger partial charge on any atom is 0.321 e. The molecule has 5 nitrogen and oxygen atoms in total. The second-order valence-electron chi connectivity index (χ2n) is 4.01. The molecule has 1 unspecified atom stereocenters. The number of nitrogens with zero attached hydrogens (tertiary/aromatic N) is 1. The van der Waals surface area contributed by atoms with Gasteiger partial charge >= 0.3 is 5.97 Å². The van der Waals surface area contributed by atoms with Gasteiger partial charge in [-0.3, -0.25) is 9.69 Å². The standard InChI is InChI=1S/C10H21N3O2/c1-2-13(8-3-4-8)6-5-12-7-9(11)10(14)15/h8-9,12H,2-7,11H2,1H3,(H,14,15). The Morgan fingerprint density at radius 3 is 2.80 bits per heavy atom. The minimum absolute atomic E-state index is 0.345. The molecule has 0 aromatic carbocycles. The summed E-state index contributed by atoms with van der Waals surface area (Å²) in [5.74, 6) is -0.947. The van der Waals surface area contributed by atoms with Crippen LogP contribution in [-0.2, 0) is 4.79 Å². The highest BCUT2D eigenvalue weighted by molar-refractivity contribution is 5.73. The summed E-state index contributed by atoms with van der Waals surface area (Å²) in [6, 6.07) is -0.0223. The fraction of sp³-hybridized carbons (Fsp3) is 0.900.